The molecule has 0 aromatic carbocycles. The van der Waals surface area contributed by atoms with Crippen molar-refractivity contribution in [2.24, 2.45) is 0 Å². The van der Waals surface area contributed by atoms with E-state index in [1.54, 1.807) is 0 Å². The number of aryl methyl sites for hydroxylation is 3. The van der Waals surface area contributed by atoms with Gasteiger partial charge in [-0.1, -0.05) is 6.07 Å². The molecule has 0 amide bonds. The predicted octanol–water partition coefficient (Wildman–Crippen LogP) is 2.74. The number of rotatable bonds is 3. The van der Waals surface area contributed by atoms with E-state index < -0.39 is 0 Å². The average molecular weight is 256 g/mol. The maximum Gasteiger partial charge on any atom is 0.178 e. The minimum atomic E-state index is 0.251. The minimum Gasteiger partial charge on any atom is -0.313 e. The van der Waals surface area contributed by atoms with E-state index in [2.05, 4.69) is 33.3 Å². The second kappa shape index (κ2) is 5.45. The van der Waals surface area contributed by atoms with Gasteiger partial charge in [0.15, 0.2) is 5.82 Å². The molecule has 0 spiro atoms. The number of nitrogens with one attached hydrogen (secondary N) is 1. The number of pyridine rings is 1. The van der Waals surface area contributed by atoms with Crippen molar-refractivity contribution in [1.82, 2.24) is 20.3 Å². The van der Waals surface area contributed by atoms with Crippen molar-refractivity contribution in [2.45, 2.75) is 33.7 Å². The maximum absolute atomic E-state index is 4.59. The summed E-state index contributed by atoms with van der Waals surface area (Å²) in [4.78, 5) is 13.5. The molecule has 0 aliphatic rings. The van der Waals surface area contributed by atoms with Gasteiger partial charge < -0.3 is 5.32 Å². The van der Waals surface area contributed by atoms with Crippen LogP contribution in [0.3, 0.4) is 0 Å². The van der Waals surface area contributed by atoms with Crippen LogP contribution in [0.1, 0.15) is 35.3 Å². The van der Waals surface area contributed by atoms with Gasteiger partial charge in [-0.2, -0.15) is 0 Å². The van der Waals surface area contributed by atoms with Crippen molar-refractivity contribution >= 4 is 0 Å². The quantitative estimate of drug-likeness (QED) is 0.917. The fourth-order valence-electron chi connectivity index (χ4n) is 2.12. The van der Waals surface area contributed by atoms with Gasteiger partial charge >= 0.3 is 0 Å². The third kappa shape index (κ3) is 2.79. The van der Waals surface area contributed by atoms with E-state index in [-0.39, 0.29) is 6.04 Å². The Balaban J connectivity index is 2.44. The first-order valence-electron chi connectivity index (χ1n) is 6.47. The smallest absolute Gasteiger partial charge is 0.178 e. The number of nitrogens with zero attached hydrogens (tertiary/aromatic N) is 3. The van der Waals surface area contributed by atoms with Gasteiger partial charge in [0.1, 0.15) is 5.69 Å². The van der Waals surface area contributed by atoms with Gasteiger partial charge in [-0.25, -0.2) is 9.97 Å². The maximum atomic E-state index is 4.59. The largest absolute Gasteiger partial charge is 0.313 e. The Morgan fingerprint density at radius 2 is 1.84 bits per heavy atom. The first-order chi connectivity index (χ1) is 9.02. The summed E-state index contributed by atoms with van der Waals surface area (Å²) in [6.07, 6.45) is 3.74. The summed E-state index contributed by atoms with van der Waals surface area (Å²) in [6, 6.07) is 2.35. The molecule has 100 valence electrons. The molecular formula is C15H20N4. The van der Waals surface area contributed by atoms with Crippen LogP contribution in [0.25, 0.3) is 11.5 Å². The summed E-state index contributed by atoms with van der Waals surface area (Å²) in [7, 11) is 1.93. The van der Waals surface area contributed by atoms with Crippen LogP contribution in [-0.2, 0) is 0 Å². The van der Waals surface area contributed by atoms with Crippen LogP contribution in [-0.4, -0.2) is 22.0 Å². The predicted molar refractivity (Wildman–Crippen MR) is 76.9 cm³/mol. The minimum absolute atomic E-state index is 0.251. The van der Waals surface area contributed by atoms with Gasteiger partial charge in [0, 0.05) is 29.7 Å². The second-order valence-electron chi connectivity index (χ2n) is 4.92. The molecule has 2 heterocycles. The Morgan fingerprint density at radius 1 is 1.11 bits per heavy atom. The first kappa shape index (κ1) is 13.6. The van der Waals surface area contributed by atoms with E-state index in [9.17, 15) is 0 Å². The van der Waals surface area contributed by atoms with Crippen LogP contribution < -0.4 is 5.32 Å². The van der Waals surface area contributed by atoms with E-state index in [0.29, 0.717) is 5.82 Å². The monoisotopic (exact) mass is 256 g/mol. The number of hydrogen-bond donors (Lipinski definition) is 1. The van der Waals surface area contributed by atoms with Crippen molar-refractivity contribution in [2.75, 3.05) is 7.05 Å². The molecule has 0 aliphatic heterocycles. The highest BCUT2D eigenvalue weighted by molar-refractivity contribution is 5.55. The normalized spacial score (nSPS) is 12.5. The molecule has 1 atom stereocenters. The lowest BCUT2D eigenvalue weighted by Crippen LogP contribution is -2.15. The zero-order valence-electron chi connectivity index (χ0n) is 12.2. The van der Waals surface area contributed by atoms with Crippen LogP contribution in [0, 0.1) is 20.8 Å². The molecule has 0 fully saturated rings. The Morgan fingerprint density at radius 3 is 2.42 bits per heavy atom. The molecule has 2 rings (SSSR count). The van der Waals surface area contributed by atoms with Gasteiger partial charge in [0.05, 0.1) is 0 Å². The summed E-state index contributed by atoms with van der Waals surface area (Å²) < 4.78 is 0. The molecular weight excluding hydrogens is 236 g/mol. The summed E-state index contributed by atoms with van der Waals surface area (Å²) in [5.74, 6) is 0.696. The molecule has 1 N–H and O–H groups in total. The molecule has 0 saturated heterocycles. The molecule has 0 saturated carbocycles. The first-order valence-corrected chi connectivity index (χ1v) is 6.47. The molecule has 1 unspecified atom stereocenters. The van der Waals surface area contributed by atoms with Crippen LogP contribution in [0.15, 0.2) is 18.5 Å². The average Bonchev–Trinajstić information content (AvgIpc) is 2.37. The summed E-state index contributed by atoms with van der Waals surface area (Å²) >= 11 is 0. The highest BCUT2D eigenvalue weighted by atomic mass is 14.9. The summed E-state index contributed by atoms with van der Waals surface area (Å²) in [6.45, 7) is 8.18. The molecule has 0 radical (unpaired) electrons. The highest BCUT2D eigenvalue weighted by Crippen LogP contribution is 2.21. The molecule has 0 bridgehead atoms. The van der Waals surface area contributed by atoms with Crippen LogP contribution in [0.4, 0.5) is 0 Å². The fraction of sp³-hybridized carbons (Fsp3) is 0.400. The van der Waals surface area contributed by atoms with Crippen molar-refractivity contribution in [3.05, 3.63) is 40.8 Å². The zero-order chi connectivity index (χ0) is 14.0. The third-order valence-corrected chi connectivity index (χ3v) is 3.34. The van der Waals surface area contributed by atoms with Crippen molar-refractivity contribution in [3.63, 3.8) is 0 Å². The van der Waals surface area contributed by atoms with Crippen LogP contribution in [0.2, 0.25) is 0 Å². The SMILES string of the molecule is CNC(C)c1cnc(-c2ncc(C)cc2C)nc1C. The molecule has 0 aliphatic carbocycles. The van der Waals surface area contributed by atoms with E-state index in [1.165, 1.54) is 0 Å². The lowest BCUT2D eigenvalue weighted by Gasteiger charge is -2.13. The Bertz CT molecular complexity index is 593. The lowest BCUT2D eigenvalue weighted by atomic mass is 10.1. The van der Waals surface area contributed by atoms with E-state index in [0.717, 1.165) is 28.1 Å². The molecule has 4 nitrogen and oxygen atoms in total. The molecule has 2 aromatic rings. The van der Waals surface area contributed by atoms with Gasteiger partial charge in [-0.3, -0.25) is 4.98 Å². The Labute approximate surface area is 114 Å². The van der Waals surface area contributed by atoms with Crippen LogP contribution >= 0.6 is 0 Å². The summed E-state index contributed by atoms with van der Waals surface area (Å²) in [5.41, 5.74) is 5.23. The molecule has 4 heteroatoms. The van der Waals surface area contributed by atoms with Gasteiger partial charge in [-0.05, 0) is 45.9 Å². The van der Waals surface area contributed by atoms with Crippen molar-refractivity contribution in [3.8, 4) is 11.5 Å². The number of hydrogen-bond acceptors (Lipinski definition) is 4. The van der Waals surface area contributed by atoms with Gasteiger partial charge in [0.2, 0.25) is 0 Å². The molecule has 19 heavy (non-hydrogen) atoms. The topological polar surface area (TPSA) is 50.7 Å². The Kier molecular flexibility index (Phi) is 3.90. The zero-order valence-corrected chi connectivity index (χ0v) is 12.2. The second-order valence-corrected chi connectivity index (χ2v) is 4.92. The van der Waals surface area contributed by atoms with Gasteiger partial charge in [0.25, 0.3) is 0 Å². The standard InChI is InChI=1S/C15H20N4/c1-9-6-10(2)14(17-7-9)15-18-8-13(11(3)16-5)12(4)19-15/h6-8,11,16H,1-5H3. The highest BCUT2D eigenvalue weighted by Gasteiger charge is 2.12. The molecule has 2 aromatic heterocycles. The summed E-state index contributed by atoms with van der Waals surface area (Å²) in [5, 5.41) is 3.20. The Hall–Kier alpha value is -1.81. The van der Waals surface area contributed by atoms with E-state index >= 15 is 0 Å². The lowest BCUT2D eigenvalue weighted by molar-refractivity contribution is 0.641. The van der Waals surface area contributed by atoms with Gasteiger partial charge in [-0.15, -0.1) is 0 Å². The number of aromatic nitrogens is 3. The third-order valence-electron chi connectivity index (χ3n) is 3.34. The van der Waals surface area contributed by atoms with Crippen molar-refractivity contribution < 1.29 is 0 Å². The fourth-order valence-corrected chi connectivity index (χ4v) is 2.12. The van der Waals surface area contributed by atoms with Crippen molar-refractivity contribution in [1.29, 1.82) is 0 Å². The van der Waals surface area contributed by atoms with E-state index in [4.69, 9.17) is 0 Å². The van der Waals surface area contributed by atoms with E-state index in [1.807, 2.05) is 40.2 Å². The van der Waals surface area contributed by atoms with Crippen LogP contribution in [0.5, 0.6) is 0 Å².